The molecule has 3 heteroatoms. The van der Waals surface area contributed by atoms with Crippen LogP contribution in [0.25, 0.3) is 0 Å². The van der Waals surface area contributed by atoms with E-state index in [0.717, 1.165) is 32.4 Å². The maximum atomic E-state index is 11.0. The van der Waals surface area contributed by atoms with Crippen molar-refractivity contribution >= 4 is 0 Å². The molecule has 0 radical (unpaired) electrons. The normalized spacial score (nSPS) is 35.5. The lowest BCUT2D eigenvalue weighted by Gasteiger charge is -2.46. The SMILES string of the molecule is CN1CCC(O)(C2(CN)CCCCCCC2)C1. The fourth-order valence-electron chi connectivity index (χ4n) is 3.85. The Morgan fingerprint density at radius 1 is 1.06 bits per heavy atom. The highest BCUT2D eigenvalue weighted by molar-refractivity contribution is 5.04. The van der Waals surface area contributed by atoms with E-state index in [-0.39, 0.29) is 5.41 Å². The van der Waals surface area contributed by atoms with Crippen LogP contribution >= 0.6 is 0 Å². The summed E-state index contributed by atoms with van der Waals surface area (Å²) in [5.41, 5.74) is 5.54. The van der Waals surface area contributed by atoms with Crippen molar-refractivity contribution in [3.63, 3.8) is 0 Å². The van der Waals surface area contributed by atoms with E-state index in [9.17, 15) is 5.11 Å². The number of likely N-dealkylation sites (tertiary alicyclic amines) is 1. The maximum absolute atomic E-state index is 11.0. The average Bonchev–Trinajstić information content (AvgIpc) is 2.60. The molecule has 0 amide bonds. The van der Waals surface area contributed by atoms with E-state index in [1.54, 1.807) is 0 Å². The van der Waals surface area contributed by atoms with Gasteiger partial charge in [0.15, 0.2) is 0 Å². The van der Waals surface area contributed by atoms with Crippen molar-refractivity contribution < 1.29 is 5.11 Å². The van der Waals surface area contributed by atoms with Gasteiger partial charge in [-0.25, -0.2) is 0 Å². The third-order valence-corrected chi connectivity index (χ3v) is 5.13. The van der Waals surface area contributed by atoms with Gasteiger partial charge in [0.2, 0.25) is 0 Å². The molecule has 0 aromatic rings. The highest BCUT2D eigenvalue weighted by Crippen LogP contribution is 2.46. The summed E-state index contributed by atoms with van der Waals surface area (Å²) in [6, 6.07) is 0. The summed E-state index contributed by atoms with van der Waals surface area (Å²) in [5, 5.41) is 11.0. The zero-order valence-electron chi connectivity index (χ0n) is 11.2. The highest BCUT2D eigenvalue weighted by atomic mass is 16.3. The number of hydrogen-bond donors (Lipinski definition) is 2. The number of nitrogens with zero attached hydrogens (tertiary/aromatic N) is 1. The summed E-state index contributed by atoms with van der Waals surface area (Å²) in [5.74, 6) is 0. The molecule has 100 valence electrons. The molecule has 0 aromatic heterocycles. The Hall–Kier alpha value is -0.120. The summed E-state index contributed by atoms with van der Waals surface area (Å²) in [6.07, 6.45) is 9.61. The molecule has 3 nitrogen and oxygen atoms in total. The van der Waals surface area contributed by atoms with Gasteiger partial charge < -0.3 is 15.7 Å². The predicted octanol–water partition coefficient (Wildman–Crippen LogP) is 1.74. The van der Waals surface area contributed by atoms with E-state index in [1.165, 1.54) is 32.1 Å². The van der Waals surface area contributed by atoms with Crippen LogP contribution in [0.4, 0.5) is 0 Å². The molecular formula is C14H28N2O. The Morgan fingerprint density at radius 2 is 1.65 bits per heavy atom. The fraction of sp³-hybridized carbons (Fsp3) is 1.00. The predicted molar refractivity (Wildman–Crippen MR) is 70.9 cm³/mol. The van der Waals surface area contributed by atoms with Crippen molar-refractivity contribution in [2.45, 2.75) is 57.0 Å². The summed E-state index contributed by atoms with van der Waals surface area (Å²) >= 11 is 0. The van der Waals surface area contributed by atoms with Gasteiger partial charge in [-0.2, -0.15) is 0 Å². The van der Waals surface area contributed by atoms with Crippen molar-refractivity contribution in [1.29, 1.82) is 0 Å². The molecule has 17 heavy (non-hydrogen) atoms. The monoisotopic (exact) mass is 240 g/mol. The Balaban J connectivity index is 2.15. The van der Waals surface area contributed by atoms with Crippen LogP contribution in [0.2, 0.25) is 0 Å². The molecule has 1 heterocycles. The van der Waals surface area contributed by atoms with Crippen molar-refractivity contribution in [2.75, 3.05) is 26.7 Å². The molecule has 0 bridgehead atoms. The Kier molecular flexibility index (Phi) is 4.11. The Labute approximate surface area is 105 Å². The van der Waals surface area contributed by atoms with E-state index < -0.39 is 5.60 Å². The van der Waals surface area contributed by atoms with Crippen molar-refractivity contribution in [3.05, 3.63) is 0 Å². The third-order valence-electron chi connectivity index (χ3n) is 5.13. The number of hydrogen-bond acceptors (Lipinski definition) is 3. The maximum Gasteiger partial charge on any atom is 0.0853 e. The second-order valence-corrected chi connectivity index (χ2v) is 6.27. The lowest BCUT2D eigenvalue weighted by Crippen LogP contribution is -2.54. The van der Waals surface area contributed by atoms with Gasteiger partial charge >= 0.3 is 0 Å². The number of β-amino-alcohol motifs (C(OH)–C–C–N with tert-alkyl or cyclic N) is 1. The fourth-order valence-corrected chi connectivity index (χ4v) is 3.85. The van der Waals surface area contributed by atoms with Gasteiger partial charge in [-0.3, -0.25) is 0 Å². The van der Waals surface area contributed by atoms with Crippen LogP contribution in [0.3, 0.4) is 0 Å². The minimum absolute atomic E-state index is 0.0157. The minimum atomic E-state index is -0.534. The first-order chi connectivity index (χ1) is 8.12. The van der Waals surface area contributed by atoms with Crippen molar-refractivity contribution in [2.24, 2.45) is 11.1 Å². The molecule has 2 aliphatic rings. The molecule has 2 fully saturated rings. The average molecular weight is 240 g/mol. The van der Waals surface area contributed by atoms with Crippen LogP contribution in [0.5, 0.6) is 0 Å². The molecule has 0 spiro atoms. The summed E-state index contributed by atoms with van der Waals surface area (Å²) in [7, 11) is 2.10. The number of aliphatic hydroxyl groups is 1. The van der Waals surface area contributed by atoms with E-state index in [2.05, 4.69) is 11.9 Å². The molecule has 2 rings (SSSR count). The highest BCUT2D eigenvalue weighted by Gasteiger charge is 2.51. The third kappa shape index (κ3) is 2.51. The smallest absolute Gasteiger partial charge is 0.0853 e. The van der Waals surface area contributed by atoms with Gasteiger partial charge in [-0.15, -0.1) is 0 Å². The molecule has 1 atom stereocenters. The second-order valence-electron chi connectivity index (χ2n) is 6.27. The lowest BCUT2D eigenvalue weighted by atomic mass is 9.64. The van der Waals surface area contributed by atoms with Gasteiger partial charge in [-0.05, 0) is 26.3 Å². The topological polar surface area (TPSA) is 49.5 Å². The van der Waals surface area contributed by atoms with Gasteiger partial charge in [0.25, 0.3) is 0 Å². The molecule has 1 aliphatic carbocycles. The molecule has 3 N–H and O–H groups in total. The summed E-state index contributed by atoms with van der Waals surface area (Å²) in [6.45, 7) is 2.47. The molecule has 1 unspecified atom stereocenters. The number of likely N-dealkylation sites (N-methyl/N-ethyl adjacent to an activating group) is 1. The van der Waals surface area contributed by atoms with Crippen LogP contribution in [0, 0.1) is 5.41 Å². The molecule has 1 saturated carbocycles. The van der Waals surface area contributed by atoms with Gasteiger partial charge in [0.1, 0.15) is 0 Å². The minimum Gasteiger partial charge on any atom is -0.388 e. The van der Waals surface area contributed by atoms with E-state index in [0.29, 0.717) is 6.54 Å². The van der Waals surface area contributed by atoms with E-state index >= 15 is 0 Å². The Bertz CT molecular complexity index is 249. The first kappa shape index (κ1) is 13.3. The summed E-state index contributed by atoms with van der Waals surface area (Å²) in [4.78, 5) is 2.25. The number of nitrogens with two attached hydrogens (primary N) is 1. The largest absolute Gasteiger partial charge is 0.388 e. The molecule has 1 aliphatic heterocycles. The van der Waals surface area contributed by atoms with Crippen LogP contribution in [0.15, 0.2) is 0 Å². The van der Waals surface area contributed by atoms with E-state index in [1.807, 2.05) is 0 Å². The quantitative estimate of drug-likeness (QED) is 0.773. The lowest BCUT2D eigenvalue weighted by molar-refractivity contribution is -0.0838. The van der Waals surface area contributed by atoms with Crippen LogP contribution in [-0.4, -0.2) is 42.3 Å². The van der Waals surface area contributed by atoms with Crippen LogP contribution in [0.1, 0.15) is 51.4 Å². The molecule has 1 saturated heterocycles. The first-order valence-electron chi connectivity index (χ1n) is 7.23. The number of rotatable bonds is 2. The van der Waals surface area contributed by atoms with Gasteiger partial charge in [-0.1, -0.05) is 32.1 Å². The van der Waals surface area contributed by atoms with Gasteiger partial charge in [0, 0.05) is 25.0 Å². The zero-order valence-corrected chi connectivity index (χ0v) is 11.2. The van der Waals surface area contributed by atoms with Crippen LogP contribution in [-0.2, 0) is 0 Å². The summed E-state index contributed by atoms with van der Waals surface area (Å²) < 4.78 is 0. The van der Waals surface area contributed by atoms with Crippen LogP contribution < -0.4 is 5.73 Å². The standard InChI is InChI=1S/C14H28N2O/c1-16-10-9-14(17,12-16)13(11-15)7-5-3-2-4-6-8-13/h17H,2-12,15H2,1H3. The van der Waals surface area contributed by atoms with Crippen molar-refractivity contribution in [3.8, 4) is 0 Å². The van der Waals surface area contributed by atoms with E-state index in [4.69, 9.17) is 5.73 Å². The Morgan fingerprint density at radius 3 is 2.12 bits per heavy atom. The molecule has 0 aromatic carbocycles. The molecular weight excluding hydrogens is 212 g/mol. The van der Waals surface area contributed by atoms with Gasteiger partial charge in [0.05, 0.1) is 5.60 Å². The second kappa shape index (κ2) is 5.25. The zero-order chi connectivity index (χ0) is 12.4. The first-order valence-corrected chi connectivity index (χ1v) is 7.23. The van der Waals surface area contributed by atoms with Crippen molar-refractivity contribution in [1.82, 2.24) is 4.90 Å².